The zero-order valence-corrected chi connectivity index (χ0v) is 7.89. The molecule has 0 heterocycles. The molecule has 5 nitrogen and oxygen atoms in total. The van der Waals surface area contributed by atoms with Crippen molar-refractivity contribution in [1.82, 2.24) is 6.15 Å². The molecule has 82 valence electrons. The van der Waals surface area contributed by atoms with Gasteiger partial charge in [0.2, 0.25) is 0 Å². The zero-order valence-electron chi connectivity index (χ0n) is 7.89. The number of hydrogen-bond donors (Lipinski definition) is 5. The lowest BCUT2D eigenvalue weighted by Gasteiger charge is -2.20. The molecule has 0 saturated carbocycles. The molecule has 0 aromatic rings. The van der Waals surface area contributed by atoms with Gasteiger partial charge in [0.15, 0.2) is 0 Å². The number of hydrogen-bond acceptors (Lipinski definition) is 5. The highest BCUT2D eigenvalue weighted by atomic mass is 16.3. The Morgan fingerprint density at radius 2 is 1.15 bits per heavy atom. The second kappa shape index (κ2) is 9.88. The minimum Gasteiger partial charge on any atom is -0.396 e. The van der Waals surface area contributed by atoms with Crippen LogP contribution in [0.1, 0.15) is 19.3 Å². The van der Waals surface area contributed by atoms with Crippen LogP contribution >= 0.6 is 0 Å². The van der Waals surface area contributed by atoms with E-state index in [2.05, 4.69) is 0 Å². The lowest BCUT2D eigenvalue weighted by molar-refractivity contribution is 0.0521. The van der Waals surface area contributed by atoms with Crippen LogP contribution in [0.25, 0.3) is 0 Å². The molecule has 0 spiro atoms. The van der Waals surface area contributed by atoms with Crippen molar-refractivity contribution >= 4 is 0 Å². The van der Waals surface area contributed by atoms with Crippen molar-refractivity contribution < 1.29 is 20.4 Å². The van der Waals surface area contributed by atoms with Gasteiger partial charge in [0.25, 0.3) is 0 Å². The van der Waals surface area contributed by atoms with Crippen LogP contribution in [-0.4, -0.2) is 46.4 Å². The van der Waals surface area contributed by atoms with E-state index in [0.29, 0.717) is 19.3 Å². The van der Waals surface area contributed by atoms with E-state index < -0.39 is 6.10 Å². The summed E-state index contributed by atoms with van der Waals surface area (Å²) in [5.41, 5.74) is 0. The van der Waals surface area contributed by atoms with Crippen molar-refractivity contribution in [3.8, 4) is 0 Å². The third kappa shape index (κ3) is 6.92. The molecule has 0 aliphatic rings. The van der Waals surface area contributed by atoms with Gasteiger partial charge in [0.05, 0.1) is 6.10 Å². The highest BCUT2D eigenvalue weighted by Crippen LogP contribution is 2.15. The molecule has 0 amide bonds. The van der Waals surface area contributed by atoms with E-state index in [0.717, 1.165) is 0 Å². The van der Waals surface area contributed by atoms with Gasteiger partial charge in [-0.05, 0) is 25.2 Å². The zero-order chi connectivity index (χ0) is 9.40. The fourth-order valence-electron chi connectivity index (χ4n) is 1.23. The lowest BCUT2D eigenvalue weighted by atomic mass is 9.94. The number of aliphatic hydroxyl groups is 4. The molecule has 0 aromatic heterocycles. The fourth-order valence-corrected chi connectivity index (χ4v) is 1.23. The Morgan fingerprint density at radius 3 is 1.46 bits per heavy atom. The van der Waals surface area contributed by atoms with E-state index >= 15 is 0 Å². The topological polar surface area (TPSA) is 116 Å². The molecule has 13 heavy (non-hydrogen) atoms. The third-order valence-electron chi connectivity index (χ3n) is 1.97. The van der Waals surface area contributed by atoms with Crippen molar-refractivity contribution in [2.75, 3.05) is 19.8 Å². The van der Waals surface area contributed by atoms with E-state index in [1.165, 1.54) is 0 Å². The highest BCUT2D eigenvalue weighted by Gasteiger charge is 2.17. The largest absolute Gasteiger partial charge is 0.396 e. The van der Waals surface area contributed by atoms with Gasteiger partial charge in [-0.3, -0.25) is 0 Å². The molecule has 1 atom stereocenters. The van der Waals surface area contributed by atoms with Crippen molar-refractivity contribution in [2.24, 2.45) is 5.92 Å². The first-order valence-electron chi connectivity index (χ1n) is 4.26. The van der Waals surface area contributed by atoms with E-state index in [-0.39, 0.29) is 31.9 Å². The second-order valence-corrected chi connectivity index (χ2v) is 2.86. The first-order chi connectivity index (χ1) is 5.76. The average molecular weight is 195 g/mol. The molecule has 7 N–H and O–H groups in total. The Hall–Kier alpha value is -0.200. The van der Waals surface area contributed by atoms with Gasteiger partial charge in [0.1, 0.15) is 0 Å². The Kier molecular flexibility index (Phi) is 11.6. The summed E-state index contributed by atoms with van der Waals surface area (Å²) in [6, 6.07) is 0. The normalized spacial score (nSPS) is 12.7. The molecule has 1 unspecified atom stereocenters. The number of rotatable bonds is 7. The molecular formula is C8H21NO4. The first kappa shape index (κ1) is 15.3. The lowest BCUT2D eigenvalue weighted by Crippen LogP contribution is -2.23. The summed E-state index contributed by atoms with van der Waals surface area (Å²) in [5.74, 6) is -0.104. The van der Waals surface area contributed by atoms with Crippen molar-refractivity contribution in [3.05, 3.63) is 0 Å². The maximum Gasteiger partial charge on any atom is 0.0591 e. The van der Waals surface area contributed by atoms with Crippen LogP contribution in [0.4, 0.5) is 0 Å². The third-order valence-corrected chi connectivity index (χ3v) is 1.97. The summed E-state index contributed by atoms with van der Waals surface area (Å²) < 4.78 is 0. The average Bonchev–Trinajstić information content (AvgIpc) is 2.04. The minimum absolute atomic E-state index is 0. The van der Waals surface area contributed by atoms with Gasteiger partial charge in [-0.2, -0.15) is 0 Å². The van der Waals surface area contributed by atoms with Crippen molar-refractivity contribution in [1.29, 1.82) is 0 Å². The standard InChI is InChI=1S/C8H18O4.H3N/c9-4-1-7(2-5-10)8(12)3-6-11;/h7-12H,1-6H2;1H3. The molecular weight excluding hydrogens is 174 g/mol. The molecule has 0 fully saturated rings. The van der Waals surface area contributed by atoms with Crippen LogP contribution in [0.2, 0.25) is 0 Å². The molecule has 0 rings (SSSR count). The fraction of sp³-hybridized carbons (Fsp3) is 1.00. The smallest absolute Gasteiger partial charge is 0.0591 e. The summed E-state index contributed by atoms with van der Waals surface area (Å²) in [5, 5.41) is 35.2. The summed E-state index contributed by atoms with van der Waals surface area (Å²) in [6.07, 6.45) is 0.642. The van der Waals surface area contributed by atoms with Gasteiger partial charge in [-0.1, -0.05) is 0 Å². The monoisotopic (exact) mass is 195 g/mol. The predicted molar refractivity (Wildman–Crippen MR) is 49.6 cm³/mol. The maximum absolute atomic E-state index is 9.39. The van der Waals surface area contributed by atoms with E-state index in [1.54, 1.807) is 0 Å². The molecule has 0 radical (unpaired) electrons. The predicted octanol–water partition coefficient (Wildman–Crippen LogP) is -0.727. The Labute approximate surface area is 78.6 Å². The van der Waals surface area contributed by atoms with Crippen molar-refractivity contribution in [3.63, 3.8) is 0 Å². The van der Waals surface area contributed by atoms with Gasteiger partial charge in [-0.25, -0.2) is 0 Å². The van der Waals surface area contributed by atoms with Crippen LogP contribution in [0.15, 0.2) is 0 Å². The quantitative estimate of drug-likeness (QED) is 0.367. The van der Waals surface area contributed by atoms with Crippen LogP contribution in [0, 0.1) is 5.92 Å². The summed E-state index contributed by atoms with van der Waals surface area (Å²) >= 11 is 0. The van der Waals surface area contributed by atoms with Gasteiger partial charge < -0.3 is 26.6 Å². The Bertz CT molecular complexity index is 96.1. The summed E-state index contributed by atoms with van der Waals surface area (Å²) in [6.45, 7) is -0.0468. The van der Waals surface area contributed by atoms with Crippen LogP contribution < -0.4 is 6.15 Å². The molecule has 0 aliphatic heterocycles. The highest BCUT2D eigenvalue weighted by molar-refractivity contribution is 4.68. The molecule has 0 bridgehead atoms. The molecule has 0 saturated heterocycles. The van der Waals surface area contributed by atoms with Crippen LogP contribution in [0.3, 0.4) is 0 Å². The van der Waals surface area contributed by atoms with E-state index in [9.17, 15) is 5.11 Å². The van der Waals surface area contributed by atoms with Gasteiger partial charge >= 0.3 is 0 Å². The summed E-state index contributed by atoms with van der Waals surface area (Å²) in [7, 11) is 0. The first-order valence-corrected chi connectivity index (χ1v) is 4.26. The van der Waals surface area contributed by atoms with Crippen LogP contribution in [0.5, 0.6) is 0 Å². The van der Waals surface area contributed by atoms with Crippen LogP contribution in [-0.2, 0) is 0 Å². The molecule has 0 aliphatic carbocycles. The Morgan fingerprint density at radius 1 is 0.769 bits per heavy atom. The Balaban J connectivity index is 0. The van der Waals surface area contributed by atoms with Gasteiger partial charge in [-0.15, -0.1) is 0 Å². The minimum atomic E-state index is -0.616. The summed E-state index contributed by atoms with van der Waals surface area (Å²) in [4.78, 5) is 0. The SMILES string of the molecule is N.OCCC(O)C(CCO)CCO. The van der Waals surface area contributed by atoms with E-state index in [1.807, 2.05) is 0 Å². The molecule has 5 heteroatoms. The maximum atomic E-state index is 9.39. The number of aliphatic hydroxyl groups excluding tert-OH is 4. The second-order valence-electron chi connectivity index (χ2n) is 2.86. The molecule has 0 aromatic carbocycles. The van der Waals surface area contributed by atoms with Crippen molar-refractivity contribution in [2.45, 2.75) is 25.4 Å². The van der Waals surface area contributed by atoms with Gasteiger partial charge in [0, 0.05) is 19.8 Å². The van der Waals surface area contributed by atoms with E-state index in [4.69, 9.17) is 15.3 Å².